The van der Waals surface area contributed by atoms with Gasteiger partial charge in [-0.2, -0.15) is 0 Å². The first-order valence-electron chi connectivity index (χ1n) is 10.6. The van der Waals surface area contributed by atoms with Gasteiger partial charge in [-0.3, -0.25) is 9.21 Å². The molecule has 3 aromatic rings. The van der Waals surface area contributed by atoms with Crippen LogP contribution in [0.25, 0.3) is 0 Å². The predicted molar refractivity (Wildman–Crippen MR) is 135 cm³/mol. The summed E-state index contributed by atoms with van der Waals surface area (Å²) < 4.78 is 27.2. The first-order chi connectivity index (χ1) is 15.8. The molecule has 0 saturated heterocycles. The smallest absolute Gasteiger partial charge is 0.232 e. The van der Waals surface area contributed by atoms with Gasteiger partial charge in [-0.15, -0.1) is 0 Å². The minimum absolute atomic E-state index is 0.0237. The van der Waals surface area contributed by atoms with E-state index in [4.69, 9.17) is 0 Å². The van der Waals surface area contributed by atoms with Crippen LogP contribution in [0.4, 0.5) is 5.69 Å². The van der Waals surface area contributed by atoms with Gasteiger partial charge in [-0.1, -0.05) is 66.7 Å². The molecule has 0 aliphatic carbocycles. The summed E-state index contributed by atoms with van der Waals surface area (Å²) in [5.74, 6) is 0. The van der Waals surface area contributed by atoms with E-state index in [-0.39, 0.29) is 13.2 Å². The first kappa shape index (κ1) is 25.4. The van der Waals surface area contributed by atoms with Crippen molar-refractivity contribution in [3.05, 3.63) is 100 Å². The number of aliphatic hydroxyl groups is 2. The van der Waals surface area contributed by atoms with Crippen molar-refractivity contribution in [2.24, 2.45) is 0 Å². The predicted octanol–water partition coefficient (Wildman–Crippen LogP) is 3.94. The highest BCUT2D eigenvalue weighted by Crippen LogP contribution is 2.32. The Hall–Kier alpha value is -2.23. The zero-order chi connectivity index (χ0) is 23.8. The first-order valence-corrected chi connectivity index (χ1v) is 13.3. The SMILES string of the molecule is CS(=O)(=O)N(Cc1ccccc1)c1cc([C@@H](O)CN(CCO)Cc2ccccc2)ccc1Br. The Kier molecular flexibility index (Phi) is 9.05. The van der Waals surface area contributed by atoms with E-state index >= 15 is 0 Å². The monoisotopic (exact) mass is 532 g/mol. The topological polar surface area (TPSA) is 81.1 Å². The molecule has 176 valence electrons. The summed E-state index contributed by atoms with van der Waals surface area (Å²) in [4.78, 5) is 1.97. The number of sulfonamides is 1. The molecule has 0 fully saturated rings. The molecule has 1 atom stereocenters. The van der Waals surface area contributed by atoms with Crippen LogP contribution in [-0.4, -0.2) is 49.5 Å². The molecular formula is C25H29BrN2O4S. The van der Waals surface area contributed by atoms with Crippen LogP contribution in [0, 0.1) is 0 Å². The molecule has 0 heterocycles. The molecule has 0 aliphatic heterocycles. The van der Waals surface area contributed by atoms with Crippen molar-refractivity contribution in [2.75, 3.05) is 30.3 Å². The minimum atomic E-state index is -3.58. The van der Waals surface area contributed by atoms with E-state index in [9.17, 15) is 18.6 Å². The van der Waals surface area contributed by atoms with Gasteiger partial charge in [-0.05, 0) is 44.8 Å². The number of anilines is 1. The van der Waals surface area contributed by atoms with Gasteiger partial charge >= 0.3 is 0 Å². The summed E-state index contributed by atoms with van der Waals surface area (Å²) in [6.45, 7) is 1.46. The van der Waals surface area contributed by atoms with Crippen molar-refractivity contribution < 1.29 is 18.6 Å². The Morgan fingerprint density at radius 1 is 0.909 bits per heavy atom. The molecule has 0 bridgehead atoms. The largest absolute Gasteiger partial charge is 0.395 e. The van der Waals surface area contributed by atoms with Crippen molar-refractivity contribution in [1.82, 2.24) is 4.90 Å². The molecule has 6 nitrogen and oxygen atoms in total. The normalized spacial score (nSPS) is 12.6. The highest BCUT2D eigenvalue weighted by molar-refractivity contribution is 9.10. The number of aliphatic hydroxyl groups excluding tert-OH is 2. The second-order valence-corrected chi connectivity index (χ2v) is 10.7. The second-order valence-electron chi connectivity index (χ2n) is 7.93. The van der Waals surface area contributed by atoms with Gasteiger partial charge < -0.3 is 10.2 Å². The standard InChI is InChI=1S/C25H29BrN2O4S/c1-33(31,32)28(18-21-10-6-3-7-11-21)24-16-22(12-13-23(24)26)25(30)19-27(14-15-29)17-20-8-4-2-5-9-20/h2-13,16,25,29-30H,14-15,17-19H2,1H3/t25-/m0/s1. The van der Waals surface area contributed by atoms with Gasteiger partial charge in [0.05, 0.1) is 31.2 Å². The van der Waals surface area contributed by atoms with Crippen molar-refractivity contribution in [1.29, 1.82) is 0 Å². The number of hydrogen-bond donors (Lipinski definition) is 2. The Labute approximate surface area is 204 Å². The molecule has 8 heteroatoms. The molecule has 0 unspecified atom stereocenters. The van der Waals surface area contributed by atoms with E-state index in [2.05, 4.69) is 15.9 Å². The average molecular weight is 533 g/mol. The third-order valence-electron chi connectivity index (χ3n) is 5.29. The lowest BCUT2D eigenvalue weighted by Crippen LogP contribution is -2.31. The van der Waals surface area contributed by atoms with E-state index in [1.54, 1.807) is 18.2 Å². The van der Waals surface area contributed by atoms with Crippen molar-refractivity contribution >= 4 is 31.6 Å². The highest BCUT2D eigenvalue weighted by Gasteiger charge is 2.22. The van der Waals surface area contributed by atoms with Gasteiger partial charge in [0, 0.05) is 24.1 Å². The van der Waals surface area contributed by atoms with Crippen LogP contribution < -0.4 is 4.31 Å². The molecule has 0 amide bonds. The summed E-state index contributed by atoms with van der Waals surface area (Å²) >= 11 is 3.47. The second kappa shape index (κ2) is 11.8. The van der Waals surface area contributed by atoms with Crippen LogP contribution >= 0.6 is 15.9 Å². The van der Waals surface area contributed by atoms with Crippen LogP contribution in [0.2, 0.25) is 0 Å². The van der Waals surface area contributed by atoms with E-state index in [0.29, 0.717) is 35.4 Å². The molecule has 2 N–H and O–H groups in total. The molecule has 3 aromatic carbocycles. The number of hydrogen-bond acceptors (Lipinski definition) is 5. The lowest BCUT2D eigenvalue weighted by atomic mass is 10.1. The van der Waals surface area contributed by atoms with Gasteiger partial charge in [0.25, 0.3) is 0 Å². The summed E-state index contributed by atoms with van der Waals surface area (Å²) in [7, 11) is -3.58. The molecule has 0 radical (unpaired) electrons. The van der Waals surface area contributed by atoms with Gasteiger partial charge in [0.1, 0.15) is 0 Å². The molecule has 3 rings (SSSR count). The van der Waals surface area contributed by atoms with Crippen molar-refractivity contribution in [3.8, 4) is 0 Å². The molecule has 0 saturated carbocycles. The molecule has 0 aromatic heterocycles. The van der Waals surface area contributed by atoms with E-state index in [1.165, 1.54) is 10.6 Å². The fourth-order valence-corrected chi connectivity index (χ4v) is 5.10. The van der Waals surface area contributed by atoms with Crippen molar-refractivity contribution in [3.63, 3.8) is 0 Å². The van der Waals surface area contributed by atoms with E-state index in [0.717, 1.165) is 11.1 Å². The van der Waals surface area contributed by atoms with Crippen LogP contribution in [0.5, 0.6) is 0 Å². The minimum Gasteiger partial charge on any atom is -0.395 e. The average Bonchev–Trinajstić information content (AvgIpc) is 2.79. The quantitative estimate of drug-likeness (QED) is 0.390. The Balaban J connectivity index is 1.84. The van der Waals surface area contributed by atoms with Gasteiger partial charge in [-0.25, -0.2) is 8.42 Å². The zero-order valence-corrected chi connectivity index (χ0v) is 20.9. The molecule has 33 heavy (non-hydrogen) atoms. The van der Waals surface area contributed by atoms with Crippen LogP contribution in [0.15, 0.2) is 83.3 Å². The van der Waals surface area contributed by atoms with E-state index in [1.807, 2.05) is 65.6 Å². The third-order valence-corrected chi connectivity index (χ3v) is 7.09. The highest BCUT2D eigenvalue weighted by atomic mass is 79.9. The maximum Gasteiger partial charge on any atom is 0.232 e. The molecule has 0 aliphatic rings. The Morgan fingerprint density at radius 3 is 2.03 bits per heavy atom. The fraction of sp³-hybridized carbons (Fsp3) is 0.280. The maximum atomic E-state index is 12.6. The summed E-state index contributed by atoms with van der Waals surface area (Å²) in [5.41, 5.74) is 3.01. The third kappa shape index (κ3) is 7.38. The Morgan fingerprint density at radius 2 is 1.48 bits per heavy atom. The van der Waals surface area contributed by atoms with E-state index < -0.39 is 16.1 Å². The Bertz CT molecular complexity index is 1130. The summed E-state index contributed by atoms with van der Waals surface area (Å²) in [6.07, 6.45) is 0.319. The summed E-state index contributed by atoms with van der Waals surface area (Å²) in [5, 5.41) is 20.5. The zero-order valence-electron chi connectivity index (χ0n) is 18.5. The van der Waals surface area contributed by atoms with Crippen LogP contribution in [0.1, 0.15) is 22.8 Å². The van der Waals surface area contributed by atoms with Crippen molar-refractivity contribution in [2.45, 2.75) is 19.2 Å². The maximum absolute atomic E-state index is 12.6. The molecule has 0 spiro atoms. The molecular weight excluding hydrogens is 504 g/mol. The lowest BCUT2D eigenvalue weighted by Gasteiger charge is -2.27. The number of halogens is 1. The fourth-order valence-electron chi connectivity index (χ4n) is 3.63. The lowest BCUT2D eigenvalue weighted by molar-refractivity contribution is 0.0957. The van der Waals surface area contributed by atoms with Crippen LogP contribution in [0.3, 0.4) is 0 Å². The van der Waals surface area contributed by atoms with Crippen LogP contribution in [-0.2, 0) is 23.1 Å². The van der Waals surface area contributed by atoms with Gasteiger partial charge in [0.15, 0.2) is 0 Å². The number of nitrogens with zero attached hydrogens (tertiary/aromatic N) is 2. The number of rotatable bonds is 11. The summed E-state index contributed by atoms with van der Waals surface area (Å²) in [6, 6.07) is 24.5. The van der Waals surface area contributed by atoms with Gasteiger partial charge in [0.2, 0.25) is 10.0 Å². The number of benzene rings is 3.